The zero-order chi connectivity index (χ0) is 22.1. The molecule has 3 atom stereocenters. The zero-order valence-corrected chi connectivity index (χ0v) is 18.0. The maximum Gasteiger partial charge on any atom is 0.315 e. The Hall–Kier alpha value is -2.61. The monoisotopic (exact) mass is 427 g/mol. The Labute approximate surface area is 180 Å². The van der Waals surface area contributed by atoms with Gasteiger partial charge in [0.1, 0.15) is 11.6 Å². The summed E-state index contributed by atoms with van der Waals surface area (Å²) in [6, 6.07) is 5.06. The standard InChI is InChI=1S/C23H27F2N5O/c1-22(2)14-7-8-23(22,18-12-29(3)9-10-30(18)21(26)31)20-13(14)11-17(27-28-20)19-15(24)5-4-6-16(19)25/h4-6,11,14,18H,7-10,12H2,1-3H3,(H2,26,31)/t14-,18+,23?/m0/s1. The zero-order valence-electron chi connectivity index (χ0n) is 18.0. The molecule has 1 aromatic heterocycles. The first kappa shape index (κ1) is 20.3. The highest BCUT2D eigenvalue weighted by Crippen LogP contribution is 2.69. The highest BCUT2D eigenvalue weighted by Gasteiger charge is 2.68. The second-order valence-corrected chi connectivity index (χ2v) is 9.72. The summed E-state index contributed by atoms with van der Waals surface area (Å²) in [5.41, 5.74) is 7.08. The molecule has 0 radical (unpaired) electrons. The van der Waals surface area contributed by atoms with Crippen LogP contribution in [0, 0.1) is 17.0 Å². The molecule has 31 heavy (non-hydrogen) atoms. The van der Waals surface area contributed by atoms with Crippen molar-refractivity contribution >= 4 is 6.03 Å². The minimum Gasteiger partial charge on any atom is -0.351 e. The number of nitrogens with two attached hydrogens (primary N) is 1. The van der Waals surface area contributed by atoms with Crippen LogP contribution in [0.5, 0.6) is 0 Å². The summed E-state index contributed by atoms with van der Waals surface area (Å²) in [6.45, 7) is 6.46. The van der Waals surface area contributed by atoms with E-state index in [-0.39, 0.29) is 28.6 Å². The average molecular weight is 427 g/mol. The van der Waals surface area contributed by atoms with E-state index in [1.54, 1.807) is 11.0 Å². The van der Waals surface area contributed by atoms with Gasteiger partial charge in [0.25, 0.3) is 0 Å². The number of piperazine rings is 1. The topological polar surface area (TPSA) is 75.3 Å². The van der Waals surface area contributed by atoms with Gasteiger partial charge < -0.3 is 15.5 Å². The number of primary amides is 1. The Bertz CT molecular complexity index is 1050. The van der Waals surface area contributed by atoms with Crippen LogP contribution < -0.4 is 5.73 Å². The molecule has 2 bridgehead atoms. The van der Waals surface area contributed by atoms with Crippen molar-refractivity contribution in [3.8, 4) is 11.3 Å². The van der Waals surface area contributed by atoms with Gasteiger partial charge >= 0.3 is 6.03 Å². The van der Waals surface area contributed by atoms with Crippen molar-refractivity contribution in [3.63, 3.8) is 0 Å². The summed E-state index contributed by atoms with van der Waals surface area (Å²) in [4.78, 5) is 16.3. The second kappa shape index (κ2) is 6.69. The Kier molecular flexibility index (Phi) is 4.38. The molecule has 2 heterocycles. The van der Waals surface area contributed by atoms with Crippen molar-refractivity contribution < 1.29 is 13.6 Å². The SMILES string of the molecule is CN1CCN(C(N)=O)[C@@H](C23CC[C@@H](c4cc(-c5c(F)cccc5F)nnc42)C3(C)C)C1. The Morgan fingerprint density at radius 1 is 1.19 bits per heavy atom. The number of carbonyl (C=O) groups excluding carboxylic acids is 1. The van der Waals surface area contributed by atoms with Gasteiger partial charge in [0, 0.05) is 25.0 Å². The quantitative estimate of drug-likeness (QED) is 0.798. The largest absolute Gasteiger partial charge is 0.351 e. The number of likely N-dealkylation sites (N-methyl/N-ethyl adjacent to an activating group) is 1. The molecular weight excluding hydrogens is 400 g/mol. The van der Waals surface area contributed by atoms with Gasteiger partial charge in [-0.3, -0.25) is 0 Å². The Balaban J connectivity index is 1.67. The third kappa shape index (κ3) is 2.60. The van der Waals surface area contributed by atoms with Crippen LogP contribution in [0.3, 0.4) is 0 Å². The number of urea groups is 1. The molecule has 1 saturated heterocycles. The number of nitrogens with zero attached hydrogens (tertiary/aromatic N) is 4. The van der Waals surface area contributed by atoms with Crippen molar-refractivity contribution in [1.29, 1.82) is 0 Å². The number of hydrogen-bond donors (Lipinski definition) is 1. The lowest BCUT2D eigenvalue weighted by atomic mass is 9.63. The fourth-order valence-electron chi connectivity index (χ4n) is 6.58. The molecule has 2 amide bonds. The molecule has 2 aliphatic carbocycles. The highest BCUT2D eigenvalue weighted by molar-refractivity contribution is 5.73. The molecular formula is C23H27F2N5O. The summed E-state index contributed by atoms with van der Waals surface area (Å²) in [7, 11) is 2.05. The van der Waals surface area contributed by atoms with Gasteiger partial charge in [-0.1, -0.05) is 19.9 Å². The molecule has 1 aromatic carbocycles. The summed E-state index contributed by atoms with van der Waals surface area (Å²) in [5, 5.41) is 8.86. The molecule has 2 N–H and O–H groups in total. The first-order valence-electron chi connectivity index (χ1n) is 10.8. The maximum atomic E-state index is 14.4. The normalized spacial score (nSPS) is 29.3. The minimum absolute atomic E-state index is 0.129. The molecule has 3 aliphatic rings. The predicted molar refractivity (Wildman–Crippen MR) is 112 cm³/mol. The number of benzene rings is 1. The summed E-state index contributed by atoms with van der Waals surface area (Å²) in [5.74, 6) is -1.13. The van der Waals surface area contributed by atoms with Crippen LogP contribution in [0.2, 0.25) is 0 Å². The Morgan fingerprint density at radius 3 is 2.58 bits per heavy atom. The molecule has 1 saturated carbocycles. The van der Waals surface area contributed by atoms with E-state index < -0.39 is 23.1 Å². The van der Waals surface area contributed by atoms with E-state index in [1.165, 1.54) is 18.2 Å². The fourth-order valence-corrected chi connectivity index (χ4v) is 6.58. The van der Waals surface area contributed by atoms with E-state index in [4.69, 9.17) is 5.73 Å². The van der Waals surface area contributed by atoms with E-state index in [0.717, 1.165) is 30.6 Å². The Morgan fingerprint density at radius 2 is 1.90 bits per heavy atom. The number of hydrogen-bond acceptors (Lipinski definition) is 4. The van der Waals surface area contributed by atoms with E-state index in [9.17, 15) is 13.6 Å². The third-order valence-corrected chi connectivity index (χ3v) is 8.12. The van der Waals surface area contributed by atoms with Gasteiger partial charge in [0.05, 0.1) is 23.0 Å². The summed E-state index contributed by atoms with van der Waals surface area (Å²) >= 11 is 0. The van der Waals surface area contributed by atoms with Crippen LogP contribution in [0.1, 0.15) is 43.9 Å². The van der Waals surface area contributed by atoms with Gasteiger partial charge in [-0.05, 0) is 55.0 Å². The van der Waals surface area contributed by atoms with E-state index in [0.29, 0.717) is 13.1 Å². The smallest absolute Gasteiger partial charge is 0.315 e. The number of aromatic nitrogens is 2. The van der Waals surface area contributed by atoms with Gasteiger partial charge in [-0.2, -0.15) is 10.2 Å². The van der Waals surface area contributed by atoms with Crippen molar-refractivity contribution in [2.24, 2.45) is 11.1 Å². The van der Waals surface area contributed by atoms with Gasteiger partial charge in [-0.25, -0.2) is 13.6 Å². The van der Waals surface area contributed by atoms with Crippen molar-refractivity contribution in [2.45, 2.75) is 44.1 Å². The van der Waals surface area contributed by atoms with Crippen LogP contribution in [-0.2, 0) is 5.41 Å². The van der Waals surface area contributed by atoms with E-state index in [2.05, 4.69) is 28.9 Å². The first-order valence-corrected chi connectivity index (χ1v) is 10.8. The molecule has 1 aliphatic heterocycles. The van der Waals surface area contributed by atoms with Gasteiger partial charge in [0.15, 0.2) is 0 Å². The molecule has 164 valence electrons. The minimum atomic E-state index is -0.653. The number of amides is 2. The molecule has 5 rings (SSSR count). The number of fused-ring (bicyclic) bond motifs is 5. The van der Waals surface area contributed by atoms with Crippen LogP contribution >= 0.6 is 0 Å². The second-order valence-electron chi connectivity index (χ2n) is 9.72. The molecule has 2 fully saturated rings. The highest BCUT2D eigenvalue weighted by atomic mass is 19.1. The number of halogens is 2. The van der Waals surface area contributed by atoms with Crippen LogP contribution in [0.25, 0.3) is 11.3 Å². The van der Waals surface area contributed by atoms with Crippen molar-refractivity contribution in [1.82, 2.24) is 20.0 Å². The maximum absolute atomic E-state index is 14.4. The van der Waals surface area contributed by atoms with Crippen LogP contribution in [-0.4, -0.2) is 58.8 Å². The number of carbonyl (C=O) groups is 1. The first-order chi connectivity index (χ1) is 14.7. The van der Waals surface area contributed by atoms with Gasteiger partial charge in [0.2, 0.25) is 0 Å². The molecule has 6 nitrogen and oxygen atoms in total. The lowest BCUT2D eigenvalue weighted by molar-refractivity contribution is 0.0255. The summed E-state index contributed by atoms with van der Waals surface area (Å²) in [6.07, 6.45) is 1.81. The summed E-state index contributed by atoms with van der Waals surface area (Å²) < 4.78 is 28.8. The third-order valence-electron chi connectivity index (χ3n) is 8.12. The lowest BCUT2D eigenvalue weighted by Crippen LogP contribution is -2.65. The molecule has 2 aromatic rings. The van der Waals surface area contributed by atoms with Crippen LogP contribution in [0.4, 0.5) is 13.6 Å². The van der Waals surface area contributed by atoms with E-state index >= 15 is 0 Å². The lowest BCUT2D eigenvalue weighted by Gasteiger charge is -2.52. The molecule has 8 heteroatoms. The number of rotatable bonds is 2. The van der Waals surface area contributed by atoms with E-state index in [1.807, 2.05) is 7.05 Å². The van der Waals surface area contributed by atoms with Crippen LogP contribution in [0.15, 0.2) is 24.3 Å². The van der Waals surface area contributed by atoms with Gasteiger partial charge in [-0.15, -0.1) is 0 Å². The molecule has 1 unspecified atom stereocenters. The molecule has 0 spiro atoms. The van der Waals surface area contributed by atoms with Crippen molar-refractivity contribution in [2.75, 3.05) is 26.7 Å². The van der Waals surface area contributed by atoms with Crippen molar-refractivity contribution in [3.05, 3.63) is 47.2 Å². The predicted octanol–water partition coefficient (Wildman–Crippen LogP) is 3.27. The average Bonchev–Trinajstić information content (AvgIpc) is 3.09. The fraction of sp³-hybridized carbons (Fsp3) is 0.522.